The molecule has 9 heteroatoms. The first-order valence-electron chi connectivity index (χ1n) is 9.36. The third-order valence-corrected chi connectivity index (χ3v) is 5.08. The van der Waals surface area contributed by atoms with Gasteiger partial charge in [0, 0.05) is 17.6 Å². The van der Waals surface area contributed by atoms with Gasteiger partial charge in [0.05, 0.1) is 24.8 Å². The molecule has 3 N–H and O–H groups in total. The Balaban J connectivity index is 1.82. The van der Waals surface area contributed by atoms with E-state index < -0.39 is 24.5 Å². The van der Waals surface area contributed by atoms with Gasteiger partial charge in [-0.15, -0.1) is 0 Å². The summed E-state index contributed by atoms with van der Waals surface area (Å²) in [5.41, 5.74) is 1.03. The van der Waals surface area contributed by atoms with E-state index in [9.17, 15) is 9.59 Å². The Morgan fingerprint density at radius 1 is 1.20 bits per heavy atom. The number of aliphatic carboxylic acids is 1. The lowest BCUT2D eigenvalue weighted by Crippen LogP contribution is -2.46. The molecule has 1 aliphatic rings. The van der Waals surface area contributed by atoms with Gasteiger partial charge in [-0.3, -0.25) is 15.1 Å². The number of carboxylic acids is 1. The van der Waals surface area contributed by atoms with Crippen molar-refractivity contribution in [3.8, 4) is 5.75 Å². The van der Waals surface area contributed by atoms with Crippen LogP contribution < -0.4 is 10.1 Å². The zero-order valence-corrected chi connectivity index (χ0v) is 17.7. The van der Waals surface area contributed by atoms with Crippen LogP contribution in [0.3, 0.4) is 0 Å². The number of nitrogens with one attached hydrogen (secondary N) is 2. The number of nitrogens with zero attached hydrogens (tertiary/aromatic N) is 1. The number of morpholine rings is 1. The van der Waals surface area contributed by atoms with Crippen LogP contribution in [0.1, 0.15) is 22.0 Å². The standard InChI is InChI=1S/C21H22BrN3O5/c22-15-6-7-17(30-13-18(26)27)16(12-15)21(28)24-20(23)19(14-4-2-1-3-5-14)25-8-10-29-11-9-25/h1-7,12,19H,8-11,13H2,(H,26,27)(H2,23,24,28). The molecule has 158 valence electrons. The third kappa shape index (κ3) is 5.65. The molecule has 0 aliphatic carbocycles. The van der Waals surface area contributed by atoms with Crippen LogP contribution in [0.4, 0.5) is 0 Å². The molecular weight excluding hydrogens is 454 g/mol. The summed E-state index contributed by atoms with van der Waals surface area (Å²) in [6, 6.07) is 13.8. The first kappa shape index (κ1) is 21.9. The normalized spacial score (nSPS) is 15.2. The number of ether oxygens (including phenoxy) is 2. The van der Waals surface area contributed by atoms with Crippen LogP contribution in [0.25, 0.3) is 0 Å². The van der Waals surface area contributed by atoms with Crippen LogP contribution >= 0.6 is 15.9 Å². The minimum atomic E-state index is -1.14. The summed E-state index contributed by atoms with van der Waals surface area (Å²) in [5.74, 6) is -1.53. The second-order valence-corrected chi connectivity index (χ2v) is 7.57. The molecule has 1 atom stereocenters. The van der Waals surface area contributed by atoms with E-state index in [0.717, 1.165) is 5.56 Å². The Hall–Kier alpha value is -2.75. The quantitative estimate of drug-likeness (QED) is 0.419. The van der Waals surface area contributed by atoms with Crippen LogP contribution in [-0.2, 0) is 9.53 Å². The monoisotopic (exact) mass is 475 g/mol. The molecule has 2 aromatic rings. The fourth-order valence-electron chi connectivity index (χ4n) is 3.23. The van der Waals surface area contributed by atoms with Gasteiger partial charge in [-0.05, 0) is 23.8 Å². The van der Waals surface area contributed by atoms with E-state index in [-0.39, 0.29) is 17.1 Å². The highest BCUT2D eigenvalue weighted by Gasteiger charge is 2.28. The van der Waals surface area contributed by atoms with Crippen molar-refractivity contribution in [2.24, 2.45) is 0 Å². The van der Waals surface area contributed by atoms with Gasteiger partial charge in [-0.1, -0.05) is 46.3 Å². The number of hydrogen-bond acceptors (Lipinski definition) is 6. The minimum Gasteiger partial charge on any atom is -0.481 e. The number of carbonyl (C=O) groups is 2. The Labute approximate surface area is 182 Å². The first-order valence-corrected chi connectivity index (χ1v) is 10.2. The molecule has 0 spiro atoms. The summed E-state index contributed by atoms with van der Waals surface area (Å²) in [6.07, 6.45) is 0. The van der Waals surface area contributed by atoms with E-state index >= 15 is 0 Å². The van der Waals surface area contributed by atoms with Crippen LogP contribution in [0.2, 0.25) is 0 Å². The molecule has 30 heavy (non-hydrogen) atoms. The fourth-order valence-corrected chi connectivity index (χ4v) is 3.60. The number of rotatable bonds is 7. The van der Waals surface area contributed by atoms with Crippen LogP contribution in [0, 0.1) is 5.41 Å². The van der Waals surface area contributed by atoms with Crippen molar-refractivity contribution in [3.05, 3.63) is 64.1 Å². The summed E-state index contributed by atoms with van der Waals surface area (Å²) in [4.78, 5) is 25.9. The van der Waals surface area contributed by atoms with Gasteiger partial charge < -0.3 is 19.9 Å². The van der Waals surface area contributed by atoms with Gasteiger partial charge in [-0.25, -0.2) is 4.79 Å². The number of benzene rings is 2. The fraction of sp³-hybridized carbons (Fsp3) is 0.286. The van der Waals surface area contributed by atoms with Crippen molar-refractivity contribution in [2.45, 2.75) is 6.04 Å². The van der Waals surface area contributed by atoms with Gasteiger partial charge in [-0.2, -0.15) is 0 Å². The van der Waals surface area contributed by atoms with Gasteiger partial charge in [0.1, 0.15) is 11.6 Å². The van der Waals surface area contributed by atoms with Crippen LogP contribution in [-0.4, -0.2) is 60.6 Å². The Kier molecular flexibility index (Phi) is 7.56. The Morgan fingerprint density at radius 2 is 1.90 bits per heavy atom. The van der Waals surface area contributed by atoms with Crippen molar-refractivity contribution in [3.63, 3.8) is 0 Å². The van der Waals surface area contributed by atoms with Gasteiger partial charge in [0.15, 0.2) is 6.61 Å². The average molecular weight is 476 g/mol. The summed E-state index contributed by atoms with van der Waals surface area (Å²) in [5, 5.41) is 20.2. The lowest BCUT2D eigenvalue weighted by atomic mass is 10.0. The van der Waals surface area contributed by atoms with Crippen molar-refractivity contribution in [1.29, 1.82) is 5.41 Å². The van der Waals surface area contributed by atoms with E-state index in [0.29, 0.717) is 30.8 Å². The number of amides is 1. The maximum absolute atomic E-state index is 12.9. The van der Waals surface area contributed by atoms with Crippen molar-refractivity contribution < 1.29 is 24.2 Å². The summed E-state index contributed by atoms with van der Waals surface area (Å²) in [6.45, 7) is 1.83. The predicted octanol–water partition coefficient (Wildman–Crippen LogP) is 2.69. The summed E-state index contributed by atoms with van der Waals surface area (Å²) < 4.78 is 11.3. The van der Waals surface area contributed by atoms with Gasteiger partial charge in [0.25, 0.3) is 5.91 Å². The Morgan fingerprint density at radius 3 is 2.57 bits per heavy atom. The molecule has 0 saturated carbocycles. The molecule has 1 aliphatic heterocycles. The van der Waals surface area contributed by atoms with Crippen LogP contribution in [0.5, 0.6) is 5.75 Å². The number of hydrogen-bond donors (Lipinski definition) is 3. The summed E-state index contributed by atoms with van der Waals surface area (Å²) >= 11 is 3.31. The van der Waals surface area contributed by atoms with Crippen LogP contribution in [0.15, 0.2) is 53.0 Å². The molecule has 1 amide bonds. The Bertz CT molecular complexity index is 916. The number of carboxylic acid groups (broad SMARTS) is 1. The zero-order chi connectivity index (χ0) is 21.5. The molecular formula is C21H22BrN3O5. The number of halogens is 1. The lowest BCUT2D eigenvalue weighted by Gasteiger charge is -2.35. The molecule has 8 nitrogen and oxygen atoms in total. The smallest absolute Gasteiger partial charge is 0.341 e. The average Bonchev–Trinajstić information content (AvgIpc) is 2.74. The van der Waals surface area contributed by atoms with Crippen molar-refractivity contribution in [1.82, 2.24) is 10.2 Å². The van der Waals surface area contributed by atoms with E-state index in [1.165, 1.54) is 12.1 Å². The lowest BCUT2D eigenvalue weighted by molar-refractivity contribution is -0.139. The summed E-state index contributed by atoms with van der Waals surface area (Å²) in [7, 11) is 0. The number of amidine groups is 1. The highest BCUT2D eigenvalue weighted by molar-refractivity contribution is 9.10. The molecule has 3 rings (SSSR count). The maximum atomic E-state index is 12.9. The molecule has 1 fully saturated rings. The number of carbonyl (C=O) groups excluding carboxylic acids is 1. The molecule has 0 bridgehead atoms. The molecule has 1 heterocycles. The second-order valence-electron chi connectivity index (χ2n) is 6.65. The topological polar surface area (TPSA) is 112 Å². The third-order valence-electron chi connectivity index (χ3n) is 4.59. The molecule has 1 unspecified atom stereocenters. The predicted molar refractivity (Wildman–Crippen MR) is 114 cm³/mol. The second kappa shape index (κ2) is 10.3. The largest absolute Gasteiger partial charge is 0.481 e. The highest BCUT2D eigenvalue weighted by Crippen LogP contribution is 2.25. The SMILES string of the molecule is N=C(NC(=O)c1cc(Br)ccc1OCC(=O)O)C(c1ccccc1)N1CCOCC1. The van der Waals surface area contributed by atoms with Crippen molar-refractivity contribution >= 4 is 33.6 Å². The van der Waals surface area contributed by atoms with Gasteiger partial charge >= 0.3 is 5.97 Å². The molecule has 0 radical (unpaired) electrons. The van der Waals surface area contributed by atoms with E-state index in [1.54, 1.807) is 6.07 Å². The zero-order valence-electron chi connectivity index (χ0n) is 16.1. The highest BCUT2D eigenvalue weighted by atomic mass is 79.9. The molecule has 1 saturated heterocycles. The molecule has 2 aromatic carbocycles. The van der Waals surface area contributed by atoms with Crippen molar-refractivity contribution in [2.75, 3.05) is 32.9 Å². The first-order chi connectivity index (χ1) is 14.5. The van der Waals surface area contributed by atoms with E-state index in [1.807, 2.05) is 30.3 Å². The minimum absolute atomic E-state index is 0.0252. The van der Waals surface area contributed by atoms with E-state index in [4.69, 9.17) is 20.0 Å². The molecule has 0 aromatic heterocycles. The van der Waals surface area contributed by atoms with E-state index in [2.05, 4.69) is 26.1 Å². The van der Waals surface area contributed by atoms with Gasteiger partial charge in [0.2, 0.25) is 0 Å². The maximum Gasteiger partial charge on any atom is 0.341 e.